The fourth-order valence-corrected chi connectivity index (χ4v) is 2.49. The molecular formula is C15H15N5S. The fraction of sp³-hybridized carbons (Fsp3) is 0.133. The van der Waals surface area contributed by atoms with E-state index in [1.54, 1.807) is 6.33 Å². The van der Waals surface area contributed by atoms with E-state index in [0.29, 0.717) is 11.5 Å². The number of nitrogens with one attached hydrogen (secondary N) is 1. The van der Waals surface area contributed by atoms with Gasteiger partial charge in [0.1, 0.15) is 11.3 Å². The lowest BCUT2D eigenvalue weighted by molar-refractivity contribution is 0.813. The summed E-state index contributed by atoms with van der Waals surface area (Å²) in [5.74, 6) is 0.873. The topological polar surface area (TPSA) is 68.8 Å². The third-order valence-electron chi connectivity index (χ3n) is 3.43. The number of benzene rings is 2. The summed E-state index contributed by atoms with van der Waals surface area (Å²) in [6.07, 6.45) is 1.69. The maximum Gasteiger partial charge on any atom is 0.151 e. The van der Waals surface area contributed by atoms with E-state index in [4.69, 9.17) is 18.0 Å². The van der Waals surface area contributed by atoms with E-state index >= 15 is 0 Å². The number of anilines is 1. The third kappa shape index (κ3) is 2.57. The molecule has 5 nitrogen and oxygen atoms in total. The number of hydrogen-bond acceptors (Lipinski definition) is 4. The molecule has 0 aliphatic rings. The number of rotatable bonds is 4. The van der Waals surface area contributed by atoms with Crippen molar-refractivity contribution in [2.24, 2.45) is 12.8 Å². The summed E-state index contributed by atoms with van der Waals surface area (Å²) in [5.41, 5.74) is 7.71. The van der Waals surface area contributed by atoms with Crippen LogP contribution in [0, 0.1) is 0 Å². The number of nitrogens with zero attached hydrogens (tertiary/aromatic N) is 3. The van der Waals surface area contributed by atoms with Gasteiger partial charge in [0, 0.05) is 23.7 Å². The Balaban J connectivity index is 1.98. The van der Waals surface area contributed by atoms with Crippen LogP contribution in [0.3, 0.4) is 0 Å². The van der Waals surface area contributed by atoms with Crippen molar-refractivity contribution in [1.29, 1.82) is 0 Å². The first kappa shape index (κ1) is 13.5. The Labute approximate surface area is 127 Å². The van der Waals surface area contributed by atoms with Gasteiger partial charge < -0.3 is 15.6 Å². The first-order chi connectivity index (χ1) is 10.2. The van der Waals surface area contributed by atoms with Gasteiger partial charge in [-0.15, -0.1) is 10.2 Å². The molecule has 0 saturated heterocycles. The molecule has 0 unspecified atom stereocenters. The van der Waals surface area contributed by atoms with Crippen molar-refractivity contribution in [3.8, 4) is 0 Å². The second kappa shape index (κ2) is 5.49. The van der Waals surface area contributed by atoms with Crippen LogP contribution in [0.1, 0.15) is 11.4 Å². The number of fused-ring (bicyclic) bond motifs is 1. The van der Waals surface area contributed by atoms with Crippen LogP contribution >= 0.6 is 12.2 Å². The monoisotopic (exact) mass is 297 g/mol. The van der Waals surface area contributed by atoms with Gasteiger partial charge in [0.05, 0.1) is 6.54 Å². The Morgan fingerprint density at radius 3 is 2.67 bits per heavy atom. The predicted octanol–water partition coefficient (Wildman–Crippen LogP) is 2.21. The molecular weight excluding hydrogens is 282 g/mol. The molecule has 1 aromatic heterocycles. The van der Waals surface area contributed by atoms with Crippen LogP contribution in [-0.4, -0.2) is 19.8 Å². The van der Waals surface area contributed by atoms with Gasteiger partial charge in [-0.1, -0.05) is 36.5 Å². The number of thiocarbonyl (C=S) groups is 1. The normalized spacial score (nSPS) is 10.7. The van der Waals surface area contributed by atoms with Crippen molar-refractivity contribution >= 4 is 33.7 Å². The molecule has 21 heavy (non-hydrogen) atoms. The lowest BCUT2D eigenvalue weighted by Gasteiger charge is -2.12. The third-order valence-corrected chi connectivity index (χ3v) is 3.65. The molecule has 0 radical (unpaired) electrons. The summed E-state index contributed by atoms with van der Waals surface area (Å²) in [7, 11) is 1.92. The van der Waals surface area contributed by atoms with Crippen LogP contribution in [0.5, 0.6) is 0 Å². The van der Waals surface area contributed by atoms with E-state index < -0.39 is 0 Å². The van der Waals surface area contributed by atoms with E-state index in [0.717, 1.165) is 27.8 Å². The van der Waals surface area contributed by atoms with Gasteiger partial charge in [-0.05, 0) is 17.5 Å². The molecule has 0 atom stereocenters. The summed E-state index contributed by atoms with van der Waals surface area (Å²) in [5, 5.41) is 13.5. The van der Waals surface area contributed by atoms with Gasteiger partial charge >= 0.3 is 0 Å². The molecule has 3 rings (SSSR count). The molecule has 6 heteroatoms. The zero-order valence-electron chi connectivity index (χ0n) is 11.6. The number of aryl methyl sites for hydroxylation is 1. The van der Waals surface area contributed by atoms with Crippen LogP contribution in [0.25, 0.3) is 10.8 Å². The molecule has 0 saturated carbocycles. The van der Waals surface area contributed by atoms with Crippen molar-refractivity contribution in [3.63, 3.8) is 0 Å². The minimum absolute atomic E-state index is 0.408. The molecule has 0 spiro atoms. The second-order valence-electron chi connectivity index (χ2n) is 4.78. The molecule has 1 heterocycles. The van der Waals surface area contributed by atoms with Crippen LogP contribution in [0.4, 0.5) is 5.69 Å². The van der Waals surface area contributed by atoms with Gasteiger partial charge in [-0.3, -0.25) is 0 Å². The highest BCUT2D eigenvalue weighted by atomic mass is 32.1. The van der Waals surface area contributed by atoms with Crippen molar-refractivity contribution in [2.75, 3.05) is 5.32 Å². The first-order valence-electron chi connectivity index (χ1n) is 6.55. The Morgan fingerprint density at radius 1 is 1.24 bits per heavy atom. The molecule has 2 aromatic carbocycles. The lowest BCUT2D eigenvalue weighted by atomic mass is 10.0. The smallest absolute Gasteiger partial charge is 0.151 e. The average molecular weight is 297 g/mol. The minimum atomic E-state index is 0.408. The minimum Gasteiger partial charge on any atom is -0.389 e. The highest BCUT2D eigenvalue weighted by Gasteiger charge is 2.08. The highest BCUT2D eigenvalue weighted by Crippen LogP contribution is 2.27. The van der Waals surface area contributed by atoms with Gasteiger partial charge in [-0.2, -0.15) is 0 Å². The van der Waals surface area contributed by atoms with Crippen LogP contribution in [-0.2, 0) is 13.6 Å². The maximum atomic E-state index is 5.79. The standard InChI is InChI=1S/C15H15N5S/c1-20-9-18-19-14(20)8-17-13-7-6-12(15(16)21)10-4-2-3-5-11(10)13/h2-7,9,17H,8H2,1H3,(H2,16,21). The fourth-order valence-electron chi connectivity index (χ4n) is 2.31. The lowest BCUT2D eigenvalue weighted by Crippen LogP contribution is -2.11. The second-order valence-corrected chi connectivity index (χ2v) is 5.22. The number of hydrogen-bond donors (Lipinski definition) is 2. The zero-order valence-corrected chi connectivity index (χ0v) is 12.4. The molecule has 0 amide bonds. The van der Waals surface area contributed by atoms with E-state index in [1.165, 1.54) is 0 Å². The first-order valence-corrected chi connectivity index (χ1v) is 6.96. The van der Waals surface area contributed by atoms with Crippen LogP contribution in [0.15, 0.2) is 42.7 Å². The van der Waals surface area contributed by atoms with E-state index in [9.17, 15) is 0 Å². The quantitative estimate of drug-likeness (QED) is 0.723. The van der Waals surface area contributed by atoms with Crippen LogP contribution in [0.2, 0.25) is 0 Å². The molecule has 3 N–H and O–H groups in total. The van der Waals surface area contributed by atoms with E-state index in [-0.39, 0.29) is 0 Å². The maximum absolute atomic E-state index is 5.79. The Hall–Kier alpha value is -2.47. The summed E-state index contributed by atoms with van der Waals surface area (Å²) < 4.78 is 1.89. The summed E-state index contributed by atoms with van der Waals surface area (Å²) >= 11 is 5.12. The average Bonchev–Trinajstić information content (AvgIpc) is 2.89. The van der Waals surface area contributed by atoms with Crippen molar-refractivity contribution < 1.29 is 0 Å². The van der Waals surface area contributed by atoms with Gasteiger partial charge in [-0.25, -0.2) is 0 Å². The van der Waals surface area contributed by atoms with Crippen LogP contribution < -0.4 is 11.1 Å². The Bertz CT molecular complexity index is 809. The van der Waals surface area contributed by atoms with Crippen molar-refractivity contribution in [3.05, 3.63) is 54.1 Å². The summed E-state index contributed by atoms with van der Waals surface area (Å²) in [6.45, 7) is 0.604. The van der Waals surface area contributed by atoms with Gasteiger partial charge in [0.2, 0.25) is 0 Å². The van der Waals surface area contributed by atoms with Crippen molar-refractivity contribution in [2.45, 2.75) is 6.54 Å². The highest BCUT2D eigenvalue weighted by molar-refractivity contribution is 7.80. The molecule has 0 fully saturated rings. The zero-order chi connectivity index (χ0) is 14.8. The molecule has 0 aliphatic heterocycles. The number of aromatic nitrogens is 3. The molecule has 3 aromatic rings. The van der Waals surface area contributed by atoms with Gasteiger partial charge in [0.15, 0.2) is 5.82 Å². The van der Waals surface area contributed by atoms with E-state index in [2.05, 4.69) is 21.6 Å². The Kier molecular flexibility index (Phi) is 3.53. The molecule has 106 valence electrons. The predicted molar refractivity (Wildman–Crippen MR) is 88.2 cm³/mol. The summed E-state index contributed by atoms with van der Waals surface area (Å²) in [6, 6.07) is 12.0. The SMILES string of the molecule is Cn1cnnc1CNc1ccc(C(N)=S)c2ccccc12. The van der Waals surface area contributed by atoms with Gasteiger partial charge in [0.25, 0.3) is 0 Å². The molecule has 0 aliphatic carbocycles. The molecule has 0 bridgehead atoms. The Morgan fingerprint density at radius 2 is 2.00 bits per heavy atom. The number of nitrogens with two attached hydrogens (primary N) is 1. The van der Waals surface area contributed by atoms with Crippen molar-refractivity contribution in [1.82, 2.24) is 14.8 Å². The summed E-state index contributed by atoms with van der Waals surface area (Å²) in [4.78, 5) is 0.408. The van der Waals surface area contributed by atoms with E-state index in [1.807, 2.05) is 41.9 Å². The largest absolute Gasteiger partial charge is 0.389 e.